The molecule has 1 heterocycles. The molecule has 0 radical (unpaired) electrons. The highest BCUT2D eigenvalue weighted by Gasteiger charge is 2.35. The van der Waals surface area contributed by atoms with Crippen LogP contribution in [0.15, 0.2) is 24.3 Å². The fourth-order valence-electron chi connectivity index (χ4n) is 1.94. The van der Waals surface area contributed by atoms with Crippen molar-refractivity contribution in [1.82, 2.24) is 0 Å². The Balaban J connectivity index is 2.40. The van der Waals surface area contributed by atoms with E-state index in [2.05, 4.69) is 0 Å². The highest BCUT2D eigenvalue weighted by atomic mass is 16.5. The summed E-state index contributed by atoms with van der Waals surface area (Å²) in [6.07, 6.45) is 0.476. The van der Waals surface area contributed by atoms with E-state index >= 15 is 0 Å². The molecule has 0 aliphatic carbocycles. The lowest BCUT2D eigenvalue weighted by molar-refractivity contribution is -0.138. The molecule has 0 amide bonds. The molecule has 1 aromatic rings. The van der Waals surface area contributed by atoms with Crippen LogP contribution in [-0.4, -0.2) is 17.7 Å². The summed E-state index contributed by atoms with van der Waals surface area (Å²) in [5.74, 6) is -0.179. The zero-order valence-electron chi connectivity index (χ0n) is 8.27. The number of aliphatic carboxylic acids is 1. The molecular weight excluding hydrogens is 194 g/mol. The first-order valence-corrected chi connectivity index (χ1v) is 4.85. The summed E-state index contributed by atoms with van der Waals surface area (Å²) < 4.78 is 5.43. The number of hydrogen-bond donors (Lipinski definition) is 2. The van der Waals surface area contributed by atoms with Gasteiger partial charge in [-0.15, -0.1) is 0 Å². The summed E-state index contributed by atoms with van der Waals surface area (Å²) in [4.78, 5) is 10.8. The van der Waals surface area contributed by atoms with Crippen molar-refractivity contribution in [1.29, 1.82) is 0 Å². The van der Waals surface area contributed by atoms with Gasteiger partial charge in [0.05, 0.1) is 18.6 Å². The second-order valence-corrected chi connectivity index (χ2v) is 3.82. The number of fused-ring (bicyclic) bond motifs is 1. The van der Waals surface area contributed by atoms with Crippen molar-refractivity contribution >= 4 is 5.97 Å². The number of rotatable bonds is 2. The van der Waals surface area contributed by atoms with Gasteiger partial charge in [0, 0.05) is 12.0 Å². The van der Waals surface area contributed by atoms with Gasteiger partial charge in [-0.2, -0.15) is 0 Å². The number of hydrogen-bond acceptors (Lipinski definition) is 3. The summed E-state index contributed by atoms with van der Waals surface area (Å²) in [6, 6.07) is 7.34. The van der Waals surface area contributed by atoms with E-state index in [1.54, 1.807) is 0 Å². The van der Waals surface area contributed by atoms with Gasteiger partial charge in [-0.3, -0.25) is 4.79 Å². The van der Waals surface area contributed by atoms with E-state index in [9.17, 15) is 4.79 Å². The largest absolute Gasteiger partial charge is 0.493 e. The molecule has 4 heteroatoms. The molecular formula is C11H13NO3. The highest BCUT2D eigenvalue weighted by molar-refractivity contribution is 5.69. The number of carbonyl (C=O) groups is 1. The van der Waals surface area contributed by atoms with Gasteiger partial charge >= 0.3 is 5.97 Å². The summed E-state index contributed by atoms with van der Waals surface area (Å²) >= 11 is 0. The van der Waals surface area contributed by atoms with Crippen LogP contribution in [0.25, 0.3) is 0 Å². The summed E-state index contributed by atoms with van der Waals surface area (Å²) in [5, 5.41) is 8.84. The Morgan fingerprint density at radius 1 is 1.53 bits per heavy atom. The van der Waals surface area contributed by atoms with Gasteiger partial charge in [0.1, 0.15) is 5.75 Å². The molecule has 0 saturated heterocycles. The molecule has 15 heavy (non-hydrogen) atoms. The minimum absolute atomic E-state index is 0.0621. The summed E-state index contributed by atoms with van der Waals surface area (Å²) in [7, 11) is 0. The number of carboxylic acid groups (broad SMARTS) is 1. The molecule has 1 aliphatic heterocycles. The molecule has 1 aromatic carbocycles. The van der Waals surface area contributed by atoms with Gasteiger partial charge in [-0.05, 0) is 6.07 Å². The first kappa shape index (κ1) is 9.98. The second-order valence-electron chi connectivity index (χ2n) is 3.82. The summed E-state index contributed by atoms with van der Waals surface area (Å²) in [5.41, 5.74) is 6.11. The maximum absolute atomic E-state index is 10.8. The van der Waals surface area contributed by atoms with Gasteiger partial charge in [-0.25, -0.2) is 0 Å². The number of ether oxygens (including phenoxy) is 1. The molecule has 1 unspecified atom stereocenters. The van der Waals surface area contributed by atoms with Gasteiger partial charge in [0.25, 0.3) is 0 Å². The SMILES string of the molecule is NC1(CC(=O)O)CCOc2ccccc21. The smallest absolute Gasteiger partial charge is 0.305 e. The zero-order chi connectivity index (χ0) is 10.9. The van der Waals surface area contributed by atoms with Crippen LogP contribution in [0, 0.1) is 0 Å². The van der Waals surface area contributed by atoms with Gasteiger partial charge in [0.15, 0.2) is 0 Å². The van der Waals surface area contributed by atoms with Crippen molar-refractivity contribution in [2.75, 3.05) is 6.61 Å². The average molecular weight is 207 g/mol. The topological polar surface area (TPSA) is 72.6 Å². The van der Waals surface area contributed by atoms with Crippen LogP contribution in [0.4, 0.5) is 0 Å². The third-order valence-corrected chi connectivity index (χ3v) is 2.70. The summed E-state index contributed by atoms with van der Waals surface area (Å²) in [6.45, 7) is 0.473. The average Bonchev–Trinajstić information content (AvgIpc) is 2.17. The number of para-hydroxylation sites is 1. The lowest BCUT2D eigenvalue weighted by Crippen LogP contribution is -2.43. The van der Waals surface area contributed by atoms with Crippen molar-refractivity contribution in [3.05, 3.63) is 29.8 Å². The highest BCUT2D eigenvalue weighted by Crippen LogP contribution is 2.36. The van der Waals surface area contributed by atoms with Crippen LogP contribution < -0.4 is 10.5 Å². The zero-order valence-corrected chi connectivity index (χ0v) is 8.27. The molecule has 80 valence electrons. The second kappa shape index (κ2) is 3.55. The number of carboxylic acids is 1. The Bertz CT molecular complexity index is 391. The molecule has 1 atom stereocenters. The van der Waals surface area contributed by atoms with Crippen LogP contribution in [0.2, 0.25) is 0 Å². The van der Waals surface area contributed by atoms with E-state index in [4.69, 9.17) is 15.6 Å². The van der Waals surface area contributed by atoms with E-state index in [1.165, 1.54) is 0 Å². The maximum atomic E-state index is 10.8. The van der Waals surface area contributed by atoms with Gasteiger partial charge in [0.2, 0.25) is 0 Å². The first-order chi connectivity index (χ1) is 7.12. The Hall–Kier alpha value is -1.55. The van der Waals surface area contributed by atoms with Crippen LogP contribution >= 0.6 is 0 Å². The predicted octanol–water partition coefficient (Wildman–Crippen LogP) is 1.10. The van der Waals surface area contributed by atoms with Crippen LogP contribution in [-0.2, 0) is 10.3 Å². The molecule has 3 N–H and O–H groups in total. The van der Waals surface area contributed by atoms with Crippen LogP contribution in [0.5, 0.6) is 5.75 Å². The van der Waals surface area contributed by atoms with E-state index in [1.807, 2.05) is 24.3 Å². The van der Waals surface area contributed by atoms with Crippen LogP contribution in [0.1, 0.15) is 18.4 Å². The maximum Gasteiger partial charge on any atom is 0.305 e. The van der Waals surface area contributed by atoms with Gasteiger partial charge in [-0.1, -0.05) is 18.2 Å². The van der Waals surface area contributed by atoms with E-state index in [0.717, 1.165) is 5.56 Å². The third kappa shape index (κ3) is 1.80. The van der Waals surface area contributed by atoms with Crippen molar-refractivity contribution in [2.24, 2.45) is 5.73 Å². The van der Waals surface area contributed by atoms with E-state index < -0.39 is 11.5 Å². The van der Waals surface area contributed by atoms with Crippen molar-refractivity contribution in [3.63, 3.8) is 0 Å². The van der Waals surface area contributed by atoms with Gasteiger partial charge < -0.3 is 15.6 Å². The van der Waals surface area contributed by atoms with E-state index in [0.29, 0.717) is 18.8 Å². The Morgan fingerprint density at radius 2 is 2.27 bits per heavy atom. The third-order valence-electron chi connectivity index (χ3n) is 2.70. The fourth-order valence-corrected chi connectivity index (χ4v) is 1.94. The molecule has 0 saturated carbocycles. The normalized spacial score (nSPS) is 24.1. The Labute approximate surface area is 87.7 Å². The molecule has 0 bridgehead atoms. The molecule has 0 spiro atoms. The van der Waals surface area contributed by atoms with Crippen molar-refractivity contribution in [2.45, 2.75) is 18.4 Å². The lowest BCUT2D eigenvalue weighted by Gasteiger charge is -2.34. The molecule has 1 aliphatic rings. The first-order valence-electron chi connectivity index (χ1n) is 4.85. The Kier molecular flexibility index (Phi) is 2.36. The molecule has 2 rings (SSSR count). The number of nitrogens with two attached hydrogens (primary N) is 1. The molecule has 0 aromatic heterocycles. The quantitative estimate of drug-likeness (QED) is 0.761. The van der Waals surface area contributed by atoms with Crippen molar-refractivity contribution < 1.29 is 14.6 Å². The Morgan fingerprint density at radius 3 is 3.00 bits per heavy atom. The minimum Gasteiger partial charge on any atom is -0.493 e. The molecule has 0 fully saturated rings. The predicted molar refractivity (Wildman–Crippen MR) is 54.7 cm³/mol. The lowest BCUT2D eigenvalue weighted by atomic mass is 9.83. The monoisotopic (exact) mass is 207 g/mol. The standard InChI is InChI=1S/C11H13NO3/c12-11(7-10(13)14)5-6-15-9-4-2-1-3-8(9)11/h1-4H,5-7,12H2,(H,13,14). The fraction of sp³-hybridized carbons (Fsp3) is 0.364. The minimum atomic E-state index is -0.880. The van der Waals surface area contributed by atoms with Crippen LogP contribution in [0.3, 0.4) is 0 Å². The van der Waals surface area contributed by atoms with E-state index in [-0.39, 0.29) is 6.42 Å². The van der Waals surface area contributed by atoms with Crippen molar-refractivity contribution in [3.8, 4) is 5.75 Å². The number of benzene rings is 1. The molecule has 4 nitrogen and oxygen atoms in total.